The number of guanidine groups is 1. The van der Waals surface area contributed by atoms with Crippen molar-refractivity contribution in [1.29, 1.82) is 0 Å². The van der Waals surface area contributed by atoms with Crippen molar-refractivity contribution >= 4 is 35.9 Å². The largest absolute Gasteiger partial charge is 0.469 e. The van der Waals surface area contributed by atoms with E-state index in [1.807, 2.05) is 6.07 Å². The average molecular weight is 447 g/mol. The monoisotopic (exact) mass is 447 g/mol. The molecule has 0 saturated carbocycles. The van der Waals surface area contributed by atoms with Gasteiger partial charge in [-0.1, -0.05) is 30.3 Å². The third-order valence-corrected chi connectivity index (χ3v) is 3.64. The van der Waals surface area contributed by atoms with Gasteiger partial charge in [0.05, 0.1) is 7.11 Å². The van der Waals surface area contributed by atoms with Gasteiger partial charge in [-0.15, -0.1) is 24.0 Å². The molecule has 0 heterocycles. The zero-order valence-corrected chi connectivity index (χ0v) is 17.2. The summed E-state index contributed by atoms with van der Waals surface area (Å²) < 4.78 is 4.62. The number of aryl methyl sites for hydroxylation is 1. The summed E-state index contributed by atoms with van der Waals surface area (Å²) in [5.74, 6) is 0.658. The maximum absolute atomic E-state index is 11.0. The van der Waals surface area contributed by atoms with Gasteiger partial charge in [0, 0.05) is 26.1 Å². The van der Waals surface area contributed by atoms with Gasteiger partial charge >= 0.3 is 5.97 Å². The van der Waals surface area contributed by atoms with Crippen LogP contribution in [0.15, 0.2) is 35.3 Å². The molecule has 0 fully saturated rings. The summed E-state index contributed by atoms with van der Waals surface area (Å²) >= 11 is 0. The molecule has 1 unspecified atom stereocenters. The molecule has 0 saturated heterocycles. The number of hydrogen-bond donors (Lipinski definition) is 2. The molecule has 136 valence electrons. The number of benzene rings is 1. The summed E-state index contributed by atoms with van der Waals surface area (Å²) in [5, 5.41) is 6.67. The van der Waals surface area contributed by atoms with Crippen LogP contribution in [0.2, 0.25) is 0 Å². The van der Waals surface area contributed by atoms with Crippen LogP contribution in [-0.2, 0) is 16.0 Å². The highest BCUT2D eigenvalue weighted by molar-refractivity contribution is 14.0. The number of halogens is 1. The first-order valence-corrected chi connectivity index (χ1v) is 8.23. The summed E-state index contributed by atoms with van der Waals surface area (Å²) in [4.78, 5) is 15.3. The lowest BCUT2D eigenvalue weighted by molar-refractivity contribution is -0.140. The Labute approximate surface area is 162 Å². The maximum atomic E-state index is 11.0. The Bertz CT molecular complexity index is 480. The van der Waals surface area contributed by atoms with E-state index in [9.17, 15) is 4.79 Å². The molecule has 0 amide bonds. The summed E-state index contributed by atoms with van der Waals surface area (Å²) in [6.45, 7) is 2.95. The SMILES string of the molecule is CN=C(NCCCCC(=O)OC)NC(C)CCc1ccccc1.I. The quantitative estimate of drug-likeness (QED) is 0.201. The lowest BCUT2D eigenvalue weighted by Crippen LogP contribution is -2.42. The Balaban J connectivity index is 0.00000529. The fourth-order valence-corrected chi connectivity index (χ4v) is 2.23. The van der Waals surface area contributed by atoms with Crippen LogP contribution in [-0.4, -0.2) is 38.7 Å². The molecule has 0 aromatic heterocycles. The standard InChI is InChI=1S/C18H29N3O2.HI/c1-15(12-13-16-9-5-4-6-10-16)21-18(19-2)20-14-8-7-11-17(22)23-3;/h4-6,9-10,15H,7-8,11-14H2,1-3H3,(H2,19,20,21);1H. The van der Waals surface area contributed by atoms with E-state index in [-0.39, 0.29) is 29.9 Å². The first-order chi connectivity index (χ1) is 11.2. The van der Waals surface area contributed by atoms with Gasteiger partial charge in [-0.2, -0.15) is 0 Å². The first-order valence-electron chi connectivity index (χ1n) is 8.23. The highest BCUT2D eigenvalue weighted by atomic mass is 127. The first kappa shape index (κ1) is 22.7. The van der Waals surface area contributed by atoms with Gasteiger partial charge in [-0.3, -0.25) is 9.79 Å². The number of aliphatic imine (C=N–C) groups is 1. The predicted molar refractivity (Wildman–Crippen MR) is 110 cm³/mol. The summed E-state index contributed by atoms with van der Waals surface area (Å²) in [6, 6.07) is 10.8. The molecule has 0 aliphatic rings. The number of ether oxygens (including phenoxy) is 1. The number of hydrogen-bond acceptors (Lipinski definition) is 3. The minimum absolute atomic E-state index is 0. The Morgan fingerprint density at radius 2 is 1.96 bits per heavy atom. The summed E-state index contributed by atoms with van der Waals surface area (Å²) in [5.41, 5.74) is 1.35. The molecule has 0 bridgehead atoms. The van der Waals surface area contributed by atoms with Gasteiger partial charge in [-0.25, -0.2) is 0 Å². The van der Waals surface area contributed by atoms with Crippen molar-refractivity contribution in [3.8, 4) is 0 Å². The van der Waals surface area contributed by atoms with Crippen molar-refractivity contribution in [2.45, 2.75) is 45.1 Å². The molecule has 0 radical (unpaired) electrons. The molecule has 0 aliphatic carbocycles. The van der Waals surface area contributed by atoms with Gasteiger partial charge < -0.3 is 15.4 Å². The van der Waals surface area contributed by atoms with Gasteiger partial charge in [0.15, 0.2) is 5.96 Å². The molecule has 1 aromatic carbocycles. The Kier molecular flexibility index (Phi) is 13.3. The van der Waals surface area contributed by atoms with Crippen LogP contribution in [0.5, 0.6) is 0 Å². The maximum Gasteiger partial charge on any atom is 0.305 e. The topological polar surface area (TPSA) is 62.7 Å². The van der Waals surface area contributed by atoms with Crippen molar-refractivity contribution in [2.75, 3.05) is 20.7 Å². The molecule has 1 rings (SSSR count). The molecular weight excluding hydrogens is 417 g/mol. The molecule has 5 nitrogen and oxygen atoms in total. The smallest absolute Gasteiger partial charge is 0.305 e. The molecule has 1 aromatic rings. The number of carbonyl (C=O) groups excluding carboxylic acids is 1. The predicted octanol–water partition coefficient (Wildman–Crippen LogP) is 3.13. The van der Waals surface area contributed by atoms with Gasteiger partial charge in [0.25, 0.3) is 0 Å². The molecule has 0 spiro atoms. The van der Waals surface area contributed by atoms with Crippen molar-refractivity contribution in [2.24, 2.45) is 4.99 Å². The van der Waals surface area contributed by atoms with E-state index >= 15 is 0 Å². The van der Waals surface area contributed by atoms with Crippen LogP contribution in [0.1, 0.15) is 38.2 Å². The van der Waals surface area contributed by atoms with E-state index in [4.69, 9.17) is 0 Å². The van der Waals surface area contributed by atoms with Gasteiger partial charge in [-0.05, 0) is 38.2 Å². The highest BCUT2D eigenvalue weighted by Gasteiger charge is 2.05. The Morgan fingerprint density at radius 3 is 2.58 bits per heavy atom. The van der Waals surface area contributed by atoms with Crippen molar-refractivity contribution in [3.05, 3.63) is 35.9 Å². The molecule has 6 heteroatoms. The van der Waals surface area contributed by atoms with Gasteiger partial charge in [0.2, 0.25) is 0 Å². The van der Waals surface area contributed by atoms with Crippen molar-refractivity contribution in [3.63, 3.8) is 0 Å². The summed E-state index contributed by atoms with van der Waals surface area (Å²) in [6.07, 6.45) is 4.30. The second-order valence-electron chi connectivity index (χ2n) is 5.60. The number of nitrogens with zero attached hydrogens (tertiary/aromatic N) is 1. The van der Waals surface area contributed by atoms with Crippen LogP contribution in [0.3, 0.4) is 0 Å². The lowest BCUT2D eigenvalue weighted by Gasteiger charge is -2.18. The number of esters is 1. The van der Waals surface area contributed by atoms with Crippen LogP contribution in [0.4, 0.5) is 0 Å². The van der Waals surface area contributed by atoms with Crippen molar-refractivity contribution in [1.82, 2.24) is 10.6 Å². The molecular formula is C18H30IN3O2. The number of methoxy groups -OCH3 is 1. The normalized spacial score (nSPS) is 12.0. The number of carbonyl (C=O) groups is 1. The molecule has 24 heavy (non-hydrogen) atoms. The van der Waals surface area contributed by atoms with E-state index in [1.165, 1.54) is 12.7 Å². The van der Waals surface area contributed by atoms with E-state index < -0.39 is 0 Å². The minimum Gasteiger partial charge on any atom is -0.469 e. The second-order valence-corrected chi connectivity index (χ2v) is 5.60. The Morgan fingerprint density at radius 1 is 1.25 bits per heavy atom. The van der Waals surface area contributed by atoms with E-state index in [1.54, 1.807) is 7.05 Å². The van der Waals surface area contributed by atoms with E-state index in [0.717, 1.165) is 38.2 Å². The zero-order chi connectivity index (χ0) is 16.9. The minimum atomic E-state index is -0.151. The highest BCUT2D eigenvalue weighted by Crippen LogP contribution is 2.04. The third kappa shape index (κ3) is 10.5. The number of rotatable bonds is 9. The fraction of sp³-hybridized carbons (Fsp3) is 0.556. The Hall–Kier alpha value is -1.31. The van der Waals surface area contributed by atoms with Crippen molar-refractivity contribution < 1.29 is 9.53 Å². The van der Waals surface area contributed by atoms with E-state index in [2.05, 4.69) is 51.6 Å². The second kappa shape index (κ2) is 14.1. The fourth-order valence-electron chi connectivity index (χ4n) is 2.23. The third-order valence-electron chi connectivity index (χ3n) is 3.64. The zero-order valence-electron chi connectivity index (χ0n) is 14.9. The van der Waals surface area contributed by atoms with Crippen LogP contribution in [0.25, 0.3) is 0 Å². The van der Waals surface area contributed by atoms with E-state index in [0.29, 0.717) is 12.5 Å². The van der Waals surface area contributed by atoms with Crippen LogP contribution >= 0.6 is 24.0 Å². The number of nitrogens with one attached hydrogen (secondary N) is 2. The average Bonchev–Trinajstić information content (AvgIpc) is 2.59. The molecule has 1 atom stereocenters. The van der Waals surface area contributed by atoms with Gasteiger partial charge in [0.1, 0.15) is 0 Å². The van der Waals surface area contributed by atoms with Crippen LogP contribution < -0.4 is 10.6 Å². The number of unbranched alkanes of at least 4 members (excludes halogenated alkanes) is 1. The summed E-state index contributed by atoms with van der Waals surface area (Å²) in [7, 11) is 3.19. The molecule has 0 aliphatic heterocycles. The lowest BCUT2D eigenvalue weighted by atomic mass is 10.1. The van der Waals surface area contributed by atoms with Crippen LogP contribution in [0, 0.1) is 0 Å². The molecule has 2 N–H and O–H groups in total.